The zero-order chi connectivity index (χ0) is 8.27. The van der Waals surface area contributed by atoms with Gasteiger partial charge in [-0.1, -0.05) is 12.1 Å². The number of phenols is 1. The molecule has 0 amide bonds. The first kappa shape index (κ1) is 8.04. The van der Waals surface area contributed by atoms with Crippen molar-refractivity contribution in [2.24, 2.45) is 5.73 Å². The van der Waals surface area contributed by atoms with Crippen LogP contribution in [0.4, 0.5) is 0 Å². The van der Waals surface area contributed by atoms with E-state index in [4.69, 9.17) is 15.9 Å². The van der Waals surface area contributed by atoms with Crippen LogP contribution in [0, 0.1) is 0 Å². The Kier molecular flexibility index (Phi) is 2.46. The first-order chi connectivity index (χ1) is 5.18. The standard InChI is InChI=1S/C8H11NO2/c9-8(11)5-6-1-3-7(10)4-2-6/h1-4,8,10-11H,5,9H2. The summed E-state index contributed by atoms with van der Waals surface area (Å²) in [5, 5.41) is 17.7. The largest absolute Gasteiger partial charge is 0.508 e. The van der Waals surface area contributed by atoms with Crippen LogP contribution in [0.5, 0.6) is 5.75 Å². The maximum atomic E-state index is 8.90. The zero-order valence-electron chi connectivity index (χ0n) is 6.07. The summed E-state index contributed by atoms with van der Waals surface area (Å²) in [5.41, 5.74) is 6.07. The second-order valence-corrected chi connectivity index (χ2v) is 2.44. The lowest BCUT2D eigenvalue weighted by Crippen LogP contribution is -2.21. The van der Waals surface area contributed by atoms with Gasteiger partial charge in [-0.05, 0) is 17.7 Å². The van der Waals surface area contributed by atoms with E-state index in [2.05, 4.69) is 0 Å². The van der Waals surface area contributed by atoms with E-state index in [0.717, 1.165) is 5.56 Å². The molecule has 1 atom stereocenters. The number of aliphatic hydroxyl groups is 1. The number of benzene rings is 1. The molecule has 0 fully saturated rings. The number of hydrogen-bond donors (Lipinski definition) is 3. The molecule has 0 bridgehead atoms. The lowest BCUT2D eigenvalue weighted by Gasteiger charge is -2.03. The molecule has 11 heavy (non-hydrogen) atoms. The summed E-state index contributed by atoms with van der Waals surface area (Å²) in [7, 11) is 0. The second kappa shape index (κ2) is 3.37. The molecule has 4 N–H and O–H groups in total. The highest BCUT2D eigenvalue weighted by molar-refractivity contribution is 5.26. The number of hydrogen-bond acceptors (Lipinski definition) is 3. The molecule has 0 saturated heterocycles. The molecule has 0 aliphatic heterocycles. The number of aromatic hydroxyl groups is 1. The minimum atomic E-state index is -0.820. The fourth-order valence-corrected chi connectivity index (χ4v) is 0.874. The molecule has 1 unspecified atom stereocenters. The van der Waals surface area contributed by atoms with Crippen molar-refractivity contribution in [3.05, 3.63) is 29.8 Å². The molecule has 1 aromatic carbocycles. The molecule has 3 nitrogen and oxygen atoms in total. The van der Waals surface area contributed by atoms with Gasteiger partial charge in [0.2, 0.25) is 0 Å². The summed E-state index contributed by atoms with van der Waals surface area (Å²) >= 11 is 0. The van der Waals surface area contributed by atoms with Gasteiger partial charge in [-0.3, -0.25) is 0 Å². The van der Waals surface area contributed by atoms with E-state index in [-0.39, 0.29) is 5.75 Å². The minimum absolute atomic E-state index is 0.222. The lowest BCUT2D eigenvalue weighted by atomic mass is 10.1. The van der Waals surface area contributed by atoms with Gasteiger partial charge in [-0.2, -0.15) is 0 Å². The topological polar surface area (TPSA) is 66.5 Å². The first-order valence-corrected chi connectivity index (χ1v) is 3.40. The van der Waals surface area contributed by atoms with Gasteiger partial charge in [0.15, 0.2) is 0 Å². The SMILES string of the molecule is NC(O)Cc1ccc(O)cc1. The molecule has 0 aliphatic carbocycles. The molecular weight excluding hydrogens is 142 g/mol. The monoisotopic (exact) mass is 153 g/mol. The summed E-state index contributed by atoms with van der Waals surface area (Å²) in [6.07, 6.45) is -0.403. The van der Waals surface area contributed by atoms with Crippen LogP contribution in [-0.2, 0) is 6.42 Å². The molecule has 1 rings (SSSR count). The van der Waals surface area contributed by atoms with Crippen LogP contribution in [0.2, 0.25) is 0 Å². The van der Waals surface area contributed by atoms with Gasteiger partial charge < -0.3 is 15.9 Å². The van der Waals surface area contributed by atoms with E-state index in [1.54, 1.807) is 24.3 Å². The van der Waals surface area contributed by atoms with Crippen LogP contribution < -0.4 is 5.73 Å². The van der Waals surface area contributed by atoms with Gasteiger partial charge in [0.1, 0.15) is 12.0 Å². The average molecular weight is 153 g/mol. The summed E-state index contributed by atoms with van der Waals surface area (Å²) in [6.45, 7) is 0. The van der Waals surface area contributed by atoms with Crippen LogP contribution in [0.3, 0.4) is 0 Å². The Morgan fingerprint density at radius 1 is 1.27 bits per heavy atom. The smallest absolute Gasteiger partial charge is 0.115 e. The average Bonchev–Trinajstić information content (AvgIpc) is 1.93. The van der Waals surface area contributed by atoms with Crippen molar-refractivity contribution < 1.29 is 10.2 Å². The zero-order valence-corrected chi connectivity index (χ0v) is 6.07. The van der Waals surface area contributed by atoms with Crippen molar-refractivity contribution in [2.75, 3.05) is 0 Å². The highest BCUT2D eigenvalue weighted by Gasteiger charge is 1.97. The van der Waals surface area contributed by atoms with Gasteiger partial charge in [-0.25, -0.2) is 0 Å². The maximum Gasteiger partial charge on any atom is 0.115 e. The number of aliphatic hydroxyl groups excluding tert-OH is 1. The summed E-state index contributed by atoms with van der Waals surface area (Å²) in [6, 6.07) is 6.59. The highest BCUT2D eigenvalue weighted by Crippen LogP contribution is 2.10. The quantitative estimate of drug-likeness (QED) is 0.532. The molecule has 0 spiro atoms. The number of nitrogens with two attached hydrogens (primary N) is 1. The van der Waals surface area contributed by atoms with Crippen LogP contribution >= 0.6 is 0 Å². The van der Waals surface area contributed by atoms with E-state index in [9.17, 15) is 0 Å². The molecule has 3 heteroatoms. The highest BCUT2D eigenvalue weighted by atomic mass is 16.3. The number of rotatable bonds is 2. The Bertz CT molecular complexity index is 218. The summed E-state index contributed by atoms with van der Waals surface area (Å²) in [5.74, 6) is 0.222. The van der Waals surface area contributed by atoms with Crippen LogP contribution in [-0.4, -0.2) is 16.4 Å². The third kappa shape index (κ3) is 2.57. The fraction of sp³-hybridized carbons (Fsp3) is 0.250. The van der Waals surface area contributed by atoms with Gasteiger partial charge in [0.05, 0.1) is 0 Å². The van der Waals surface area contributed by atoms with Crippen molar-refractivity contribution >= 4 is 0 Å². The van der Waals surface area contributed by atoms with E-state index in [0.29, 0.717) is 6.42 Å². The van der Waals surface area contributed by atoms with Crippen molar-refractivity contribution in [3.63, 3.8) is 0 Å². The maximum absolute atomic E-state index is 8.90. The third-order valence-electron chi connectivity index (χ3n) is 1.38. The Balaban J connectivity index is 2.66. The minimum Gasteiger partial charge on any atom is -0.508 e. The Hall–Kier alpha value is -1.06. The Labute approximate surface area is 65.1 Å². The molecular formula is C8H11NO2. The van der Waals surface area contributed by atoms with Gasteiger partial charge in [0, 0.05) is 6.42 Å². The van der Waals surface area contributed by atoms with Crippen LogP contribution in [0.15, 0.2) is 24.3 Å². The van der Waals surface area contributed by atoms with E-state index in [1.807, 2.05) is 0 Å². The molecule has 60 valence electrons. The van der Waals surface area contributed by atoms with Crippen molar-refractivity contribution in [2.45, 2.75) is 12.6 Å². The molecule has 0 aromatic heterocycles. The van der Waals surface area contributed by atoms with Crippen LogP contribution in [0.25, 0.3) is 0 Å². The predicted octanol–water partition coefficient (Wildman–Crippen LogP) is 0.212. The molecule has 1 aromatic rings. The summed E-state index contributed by atoms with van der Waals surface area (Å²) in [4.78, 5) is 0. The van der Waals surface area contributed by atoms with E-state index < -0.39 is 6.23 Å². The first-order valence-electron chi connectivity index (χ1n) is 3.40. The Morgan fingerprint density at radius 3 is 2.27 bits per heavy atom. The van der Waals surface area contributed by atoms with Gasteiger partial charge >= 0.3 is 0 Å². The van der Waals surface area contributed by atoms with E-state index in [1.165, 1.54) is 0 Å². The predicted molar refractivity (Wildman–Crippen MR) is 42.0 cm³/mol. The lowest BCUT2D eigenvalue weighted by molar-refractivity contribution is 0.183. The van der Waals surface area contributed by atoms with Gasteiger partial charge in [0.25, 0.3) is 0 Å². The Morgan fingerprint density at radius 2 is 1.82 bits per heavy atom. The molecule has 0 saturated carbocycles. The molecule has 0 aliphatic rings. The van der Waals surface area contributed by atoms with Crippen LogP contribution in [0.1, 0.15) is 5.56 Å². The molecule has 0 heterocycles. The molecule has 0 radical (unpaired) electrons. The third-order valence-corrected chi connectivity index (χ3v) is 1.38. The summed E-state index contributed by atoms with van der Waals surface area (Å²) < 4.78 is 0. The normalized spacial score (nSPS) is 12.9. The van der Waals surface area contributed by atoms with Crippen molar-refractivity contribution in [1.29, 1.82) is 0 Å². The van der Waals surface area contributed by atoms with Crippen molar-refractivity contribution in [1.82, 2.24) is 0 Å². The van der Waals surface area contributed by atoms with Crippen molar-refractivity contribution in [3.8, 4) is 5.75 Å². The number of phenolic OH excluding ortho intramolecular Hbond substituents is 1. The second-order valence-electron chi connectivity index (χ2n) is 2.44. The fourth-order valence-electron chi connectivity index (χ4n) is 0.874. The van der Waals surface area contributed by atoms with E-state index >= 15 is 0 Å². The van der Waals surface area contributed by atoms with Gasteiger partial charge in [-0.15, -0.1) is 0 Å².